The van der Waals surface area contributed by atoms with Crippen molar-refractivity contribution in [3.05, 3.63) is 57.9 Å². The van der Waals surface area contributed by atoms with E-state index in [1.165, 1.54) is 12.1 Å². The summed E-state index contributed by atoms with van der Waals surface area (Å²) in [5.74, 6) is -1.03. The Balaban J connectivity index is 2.40. The van der Waals surface area contributed by atoms with Crippen molar-refractivity contribution < 1.29 is 9.18 Å². The lowest BCUT2D eigenvalue weighted by atomic mass is 10.0. The highest BCUT2D eigenvalue weighted by Gasteiger charge is 2.16. The van der Waals surface area contributed by atoms with Gasteiger partial charge in [-0.3, -0.25) is 4.79 Å². The lowest BCUT2D eigenvalue weighted by molar-refractivity contribution is 0.102. The van der Waals surface area contributed by atoms with Crippen LogP contribution in [0.5, 0.6) is 0 Å². The number of nitrogens with two attached hydrogens (primary N) is 1. The Bertz CT molecular complexity index is 700. The zero-order valence-corrected chi connectivity index (χ0v) is 12.7. The Morgan fingerprint density at radius 3 is 2.14 bits per heavy atom. The Morgan fingerprint density at radius 1 is 1.00 bits per heavy atom. The molecule has 0 radical (unpaired) electrons. The number of aryl methyl sites for hydroxylation is 4. The normalized spacial score (nSPS) is 10.5. The zero-order chi connectivity index (χ0) is 15.7. The van der Waals surface area contributed by atoms with E-state index < -0.39 is 11.7 Å². The summed E-state index contributed by atoms with van der Waals surface area (Å²) in [5.41, 5.74) is 10.1. The SMILES string of the molecule is Cc1cc(C)c(NC(=O)c2cc(N)cc(C)c2F)c(C)c1. The number of benzene rings is 2. The van der Waals surface area contributed by atoms with Crippen molar-refractivity contribution in [3.8, 4) is 0 Å². The molecule has 1 amide bonds. The molecule has 0 bridgehead atoms. The van der Waals surface area contributed by atoms with E-state index in [9.17, 15) is 9.18 Å². The lowest BCUT2D eigenvalue weighted by Crippen LogP contribution is -2.16. The monoisotopic (exact) mass is 286 g/mol. The molecule has 0 aliphatic carbocycles. The first kappa shape index (κ1) is 15.0. The maximum absolute atomic E-state index is 14.1. The average molecular weight is 286 g/mol. The number of rotatable bonds is 2. The number of hydrogen-bond donors (Lipinski definition) is 2. The molecule has 2 rings (SSSR count). The van der Waals surface area contributed by atoms with Crippen LogP contribution in [-0.2, 0) is 0 Å². The number of halogens is 1. The van der Waals surface area contributed by atoms with E-state index in [-0.39, 0.29) is 5.56 Å². The van der Waals surface area contributed by atoms with Crippen molar-refractivity contribution in [1.29, 1.82) is 0 Å². The second-order valence-electron chi connectivity index (χ2n) is 5.43. The van der Waals surface area contributed by atoms with E-state index in [2.05, 4.69) is 5.32 Å². The van der Waals surface area contributed by atoms with Crippen LogP contribution in [0.2, 0.25) is 0 Å². The molecule has 4 heteroatoms. The first-order valence-corrected chi connectivity index (χ1v) is 6.74. The van der Waals surface area contributed by atoms with E-state index in [4.69, 9.17) is 5.73 Å². The summed E-state index contributed by atoms with van der Waals surface area (Å²) in [5, 5.41) is 2.78. The zero-order valence-electron chi connectivity index (χ0n) is 12.7. The Hall–Kier alpha value is -2.36. The molecule has 0 fully saturated rings. The molecule has 0 saturated heterocycles. The highest BCUT2D eigenvalue weighted by molar-refractivity contribution is 6.06. The van der Waals surface area contributed by atoms with Crippen LogP contribution in [0.4, 0.5) is 15.8 Å². The van der Waals surface area contributed by atoms with Gasteiger partial charge in [0.05, 0.1) is 5.56 Å². The van der Waals surface area contributed by atoms with Gasteiger partial charge in [0.2, 0.25) is 0 Å². The molecule has 2 aromatic carbocycles. The third-order valence-electron chi connectivity index (χ3n) is 3.44. The molecule has 3 N–H and O–H groups in total. The number of anilines is 2. The largest absolute Gasteiger partial charge is 0.399 e. The van der Waals surface area contributed by atoms with Crippen LogP contribution in [0, 0.1) is 33.5 Å². The van der Waals surface area contributed by atoms with Gasteiger partial charge >= 0.3 is 0 Å². The van der Waals surface area contributed by atoms with Crippen LogP contribution in [-0.4, -0.2) is 5.91 Å². The molecule has 0 aliphatic rings. The van der Waals surface area contributed by atoms with E-state index in [0.717, 1.165) is 16.7 Å². The minimum Gasteiger partial charge on any atom is -0.399 e. The van der Waals surface area contributed by atoms with Crippen LogP contribution in [0.15, 0.2) is 24.3 Å². The molecule has 2 aromatic rings. The number of carbonyl (C=O) groups excluding carboxylic acids is 1. The standard InChI is InChI=1S/C17H19FN2O/c1-9-5-11(3)16(12(4)6-9)20-17(21)14-8-13(19)7-10(2)15(14)18/h5-8H,19H2,1-4H3,(H,20,21). The number of nitrogens with one attached hydrogen (secondary N) is 1. The summed E-state index contributed by atoms with van der Waals surface area (Å²) < 4.78 is 14.1. The van der Waals surface area contributed by atoms with Crippen LogP contribution in [0.25, 0.3) is 0 Å². The summed E-state index contributed by atoms with van der Waals surface area (Å²) in [4.78, 5) is 12.3. The van der Waals surface area contributed by atoms with Crippen molar-refractivity contribution in [2.75, 3.05) is 11.1 Å². The molecule has 0 heterocycles. The van der Waals surface area contributed by atoms with Gasteiger partial charge in [-0.15, -0.1) is 0 Å². The summed E-state index contributed by atoms with van der Waals surface area (Å²) in [6.45, 7) is 7.41. The second-order valence-corrected chi connectivity index (χ2v) is 5.43. The molecule has 0 aromatic heterocycles. The summed E-state index contributed by atoms with van der Waals surface area (Å²) in [6.07, 6.45) is 0. The fraction of sp³-hybridized carbons (Fsp3) is 0.235. The molecule has 3 nitrogen and oxygen atoms in total. The third-order valence-corrected chi connectivity index (χ3v) is 3.44. The summed E-state index contributed by atoms with van der Waals surface area (Å²) in [6, 6.07) is 6.82. The van der Waals surface area contributed by atoms with Crippen LogP contribution in [0.1, 0.15) is 32.6 Å². The smallest absolute Gasteiger partial charge is 0.258 e. The van der Waals surface area contributed by atoms with Gasteiger partial charge in [0.25, 0.3) is 5.91 Å². The number of nitrogen functional groups attached to an aromatic ring is 1. The minimum atomic E-state index is -0.538. The summed E-state index contributed by atoms with van der Waals surface area (Å²) in [7, 11) is 0. The molecule has 0 atom stereocenters. The molecule has 21 heavy (non-hydrogen) atoms. The maximum Gasteiger partial charge on any atom is 0.258 e. The van der Waals surface area contributed by atoms with Crippen LogP contribution >= 0.6 is 0 Å². The molecular formula is C17H19FN2O. The fourth-order valence-corrected chi connectivity index (χ4v) is 2.52. The van der Waals surface area contributed by atoms with Gasteiger partial charge in [-0.25, -0.2) is 4.39 Å². The molecular weight excluding hydrogens is 267 g/mol. The average Bonchev–Trinajstić information content (AvgIpc) is 2.37. The Labute approximate surface area is 124 Å². The molecule has 110 valence electrons. The third kappa shape index (κ3) is 3.05. The first-order valence-electron chi connectivity index (χ1n) is 6.74. The van der Waals surface area contributed by atoms with Gasteiger partial charge in [0.15, 0.2) is 0 Å². The number of carbonyl (C=O) groups is 1. The van der Waals surface area contributed by atoms with Crippen LogP contribution in [0.3, 0.4) is 0 Å². The van der Waals surface area contributed by atoms with Crippen molar-refractivity contribution in [2.24, 2.45) is 0 Å². The minimum absolute atomic E-state index is 0.0353. The van der Waals surface area contributed by atoms with E-state index >= 15 is 0 Å². The van der Waals surface area contributed by atoms with E-state index in [1.54, 1.807) is 6.92 Å². The van der Waals surface area contributed by atoms with Crippen molar-refractivity contribution >= 4 is 17.3 Å². The highest BCUT2D eigenvalue weighted by Crippen LogP contribution is 2.24. The van der Waals surface area contributed by atoms with Gasteiger partial charge in [-0.1, -0.05) is 17.7 Å². The van der Waals surface area contributed by atoms with Gasteiger partial charge in [-0.2, -0.15) is 0 Å². The first-order chi connectivity index (χ1) is 9.79. The van der Waals surface area contributed by atoms with Crippen molar-refractivity contribution in [1.82, 2.24) is 0 Å². The molecule has 0 spiro atoms. The highest BCUT2D eigenvalue weighted by atomic mass is 19.1. The molecule has 0 saturated carbocycles. The topological polar surface area (TPSA) is 55.1 Å². The number of amides is 1. The lowest BCUT2D eigenvalue weighted by Gasteiger charge is -2.14. The maximum atomic E-state index is 14.1. The predicted molar refractivity (Wildman–Crippen MR) is 84.2 cm³/mol. The molecule has 0 aliphatic heterocycles. The Kier molecular flexibility index (Phi) is 3.98. The predicted octanol–water partition coefficient (Wildman–Crippen LogP) is 3.89. The second kappa shape index (κ2) is 5.56. The fourth-order valence-electron chi connectivity index (χ4n) is 2.52. The number of hydrogen-bond acceptors (Lipinski definition) is 2. The summed E-state index contributed by atoms with van der Waals surface area (Å²) >= 11 is 0. The Morgan fingerprint density at radius 2 is 1.57 bits per heavy atom. The van der Waals surface area contributed by atoms with Crippen LogP contribution < -0.4 is 11.1 Å². The van der Waals surface area contributed by atoms with Crippen molar-refractivity contribution in [2.45, 2.75) is 27.7 Å². The van der Waals surface area contributed by atoms with E-state index in [0.29, 0.717) is 16.9 Å². The van der Waals surface area contributed by atoms with E-state index in [1.807, 2.05) is 32.9 Å². The van der Waals surface area contributed by atoms with Gasteiger partial charge in [0.1, 0.15) is 5.82 Å². The van der Waals surface area contributed by atoms with Gasteiger partial charge < -0.3 is 11.1 Å². The quantitative estimate of drug-likeness (QED) is 0.823. The molecule has 0 unspecified atom stereocenters. The van der Waals surface area contributed by atoms with Crippen molar-refractivity contribution in [3.63, 3.8) is 0 Å². The van der Waals surface area contributed by atoms with Gasteiger partial charge in [-0.05, 0) is 56.5 Å². The van der Waals surface area contributed by atoms with Gasteiger partial charge in [0, 0.05) is 11.4 Å².